The summed E-state index contributed by atoms with van der Waals surface area (Å²) in [6, 6.07) is 14.4. The zero-order chi connectivity index (χ0) is 19.6. The first kappa shape index (κ1) is 18.6. The molecule has 0 heterocycles. The normalized spacial score (nSPS) is 10.8. The van der Waals surface area contributed by atoms with Crippen molar-refractivity contribution < 1.29 is 20.1 Å². The van der Waals surface area contributed by atoms with Gasteiger partial charge < -0.3 is 20.1 Å². The van der Waals surface area contributed by atoms with E-state index >= 15 is 0 Å². The van der Waals surface area contributed by atoms with Crippen molar-refractivity contribution in [2.24, 2.45) is 0 Å². The molecule has 0 spiro atoms. The average Bonchev–Trinajstić information content (AvgIpc) is 2.64. The van der Waals surface area contributed by atoms with Crippen LogP contribution in [0.5, 0.6) is 23.0 Å². The third-order valence-corrected chi connectivity index (χ3v) is 4.71. The molecular formula is C23H24O4. The summed E-state index contributed by atoms with van der Waals surface area (Å²) in [6.45, 7) is 3.92. The Bertz CT molecular complexity index is 902. The van der Waals surface area contributed by atoms with Crippen molar-refractivity contribution in [2.45, 2.75) is 26.7 Å². The number of phenols is 3. The van der Waals surface area contributed by atoms with Crippen LogP contribution < -0.4 is 4.74 Å². The van der Waals surface area contributed by atoms with E-state index in [-0.39, 0.29) is 17.2 Å². The van der Waals surface area contributed by atoms with Crippen LogP contribution in [-0.4, -0.2) is 22.4 Å². The molecule has 27 heavy (non-hydrogen) atoms. The van der Waals surface area contributed by atoms with Crippen molar-refractivity contribution in [3.05, 3.63) is 81.9 Å². The molecule has 140 valence electrons. The first-order chi connectivity index (χ1) is 12.9. The number of hydrogen-bond donors (Lipinski definition) is 3. The fourth-order valence-corrected chi connectivity index (χ4v) is 3.24. The number of benzene rings is 3. The van der Waals surface area contributed by atoms with Gasteiger partial charge in [-0.2, -0.15) is 0 Å². The molecule has 3 aromatic rings. The van der Waals surface area contributed by atoms with Crippen LogP contribution in [0.1, 0.15) is 33.4 Å². The molecule has 0 amide bonds. The number of hydrogen-bond acceptors (Lipinski definition) is 4. The molecule has 4 nitrogen and oxygen atoms in total. The summed E-state index contributed by atoms with van der Waals surface area (Å²) in [5.74, 6) is 1.16. The van der Waals surface area contributed by atoms with Crippen LogP contribution >= 0.6 is 0 Å². The van der Waals surface area contributed by atoms with Gasteiger partial charge in [0.25, 0.3) is 0 Å². The Balaban J connectivity index is 2.02. The van der Waals surface area contributed by atoms with Crippen molar-refractivity contribution in [3.8, 4) is 23.0 Å². The molecule has 3 aromatic carbocycles. The van der Waals surface area contributed by atoms with E-state index in [4.69, 9.17) is 4.74 Å². The minimum Gasteiger partial charge on any atom is -0.508 e. The summed E-state index contributed by atoms with van der Waals surface area (Å²) in [5.41, 5.74) is 4.88. The highest BCUT2D eigenvalue weighted by molar-refractivity contribution is 5.52. The lowest BCUT2D eigenvalue weighted by Gasteiger charge is -2.15. The Morgan fingerprint density at radius 3 is 1.52 bits per heavy atom. The van der Waals surface area contributed by atoms with Crippen molar-refractivity contribution in [2.75, 3.05) is 7.11 Å². The molecule has 0 fully saturated rings. The van der Waals surface area contributed by atoms with Crippen LogP contribution in [0.15, 0.2) is 48.5 Å². The predicted octanol–water partition coefficient (Wildman–Crippen LogP) is 4.61. The lowest BCUT2D eigenvalue weighted by molar-refractivity contribution is 0.409. The maximum Gasteiger partial charge on any atom is 0.122 e. The summed E-state index contributed by atoms with van der Waals surface area (Å²) in [6.07, 6.45) is 0.757. The minimum atomic E-state index is 0.151. The minimum absolute atomic E-state index is 0.151. The maximum atomic E-state index is 10.8. The smallest absolute Gasteiger partial charge is 0.122 e. The number of aryl methyl sites for hydroxylation is 2. The van der Waals surface area contributed by atoms with E-state index in [1.807, 2.05) is 38.1 Å². The van der Waals surface area contributed by atoms with Gasteiger partial charge in [0.05, 0.1) is 7.11 Å². The summed E-state index contributed by atoms with van der Waals surface area (Å²) >= 11 is 0. The van der Waals surface area contributed by atoms with Crippen molar-refractivity contribution >= 4 is 0 Å². The van der Waals surface area contributed by atoms with Gasteiger partial charge in [0, 0.05) is 24.0 Å². The summed E-state index contributed by atoms with van der Waals surface area (Å²) in [4.78, 5) is 0. The molecule has 0 aliphatic heterocycles. The Kier molecular flexibility index (Phi) is 5.26. The third-order valence-electron chi connectivity index (χ3n) is 4.71. The second-order valence-electron chi connectivity index (χ2n) is 6.91. The van der Waals surface area contributed by atoms with E-state index in [0.717, 1.165) is 22.3 Å². The Morgan fingerprint density at radius 1 is 0.667 bits per heavy atom. The third kappa shape index (κ3) is 4.17. The maximum absolute atomic E-state index is 10.8. The van der Waals surface area contributed by atoms with Crippen molar-refractivity contribution in [1.82, 2.24) is 0 Å². The fourth-order valence-electron chi connectivity index (χ4n) is 3.24. The number of methoxy groups -OCH3 is 1. The van der Waals surface area contributed by atoms with Crippen LogP contribution in [0.25, 0.3) is 0 Å². The topological polar surface area (TPSA) is 69.9 Å². The molecular weight excluding hydrogens is 340 g/mol. The van der Waals surface area contributed by atoms with Gasteiger partial charge >= 0.3 is 0 Å². The Labute approximate surface area is 159 Å². The van der Waals surface area contributed by atoms with E-state index in [1.54, 1.807) is 31.4 Å². The molecule has 3 N–H and O–H groups in total. The highest BCUT2D eigenvalue weighted by Crippen LogP contribution is 2.35. The monoisotopic (exact) mass is 364 g/mol. The van der Waals surface area contributed by atoms with E-state index in [9.17, 15) is 15.3 Å². The van der Waals surface area contributed by atoms with Crippen LogP contribution in [-0.2, 0) is 12.8 Å². The zero-order valence-corrected chi connectivity index (χ0v) is 15.8. The Morgan fingerprint density at radius 2 is 1.11 bits per heavy atom. The van der Waals surface area contributed by atoms with Crippen LogP contribution in [0.4, 0.5) is 0 Å². The van der Waals surface area contributed by atoms with E-state index in [1.165, 1.54) is 0 Å². The SMILES string of the molecule is COc1cc(Cc2cc(C)ccc2O)c(O)c(Cc2cc(C)ccc2O)c1. The molecule has 0 saturated carbocycles. The first-order valence-electron chi connectivity index (χ1n) is 8.83. The van der Waals surface area contributed by atoms with Crippen LogP contribution in [0, 0.1) is 13.8 Å². The second-order valence-corrected chi connectivity index (χ2v) is 6.91. The molecule has 0 radical (unpaired) electrons. The van der Waals surface area contributed by atoms with Crippen molar-refractivity contribution in [1.29, 1.82) is 0 Å². The molecule has 0 unspecified atom stereocenters. The lowest BCUT2D eigenvalue weighted by atomic mass is 9.95. The molecule has 0 atom stereocenters. The van der Waals surface area contributed by atoms with Gasteiger partial charge in [-0.3, -0.25) is 0 Å². The zero-order valence-electron chi connectivity index (χ0n) is 15.8. The fraction of sp³-hybridized carbons (Fsp3) is 0.217. The van der Waals surface area contributed by atoms with Crippen molar-refractivity contribution in [3.63, 3.8) is 0 Å². The van der Waals surface area contributed by atoms with Crippen LogP contribution in [0.3, 0.4) is 0 Å². The summed E-state index contributed by atoms with van der Waals surface area (Å²) in [5, 5.41) is 31.1. The van der Waals surface area contributed by atoms with E-state index in [0.29, 0.717) is 29.7 Å². The number of rotatable bonds is 5. The number of ether oxygens (including phenoxy) is 1. The molecule has 0 aromatic heterocycles. The highest BCUT2D eigenvalue weighted by Gasteiger charge is 2.15. The van der Waals surface area contributed by atoms with Gasteiger partial charge in [-0.05, 0) is 49.2 Å². The van der Waals surface area contributed by atoms with Gasteiger partial charge in [0.2, 0.25) is 0 Å². The molecule has 0 bridgehead atoms. The van der Waals surface area contributed by atoms with Gasteiger partial charge in [0.15, 0.2) is 0 Å². The first-order valence-corrected chi connectivity index (χ1v) is 8.83. The number of aromatic hydroxyl groups is 3. The molecule has 0 aliphatic carbocycles. The second kappa shape index (κ2) is 7.62. The van der Waals surface area contributed by atoms with Gasteiger partial charge in [-0.1, -0.05) is 35.4 Å². The van der Waals surface area contributed by atoms with E-state index in [2.05, 4.69) is 0 Å². The standard InChI is InChI=1S/C23H24O4/c1-14-4-6-21(24)16(8-14)10-18-12-20(27-3)13-19(23(18)26)11-17-9-15(2)5-7-22(17)25/h4-9,12-13,24-26H,10-11H2,1-3H3. The predicted molar refractivity (Wildman–Crippen MR) is 106 cm³/mol. The summed E-state index contributed by atoms with van der Waals surface area (Å²) in [7, 11) is 1.58. The van der Waals surface area contributed by atoms with Gasteiger partial charge in [-0.25, -0.2) is 0 Å². The van der Waals surface area contributed by atoms with Gasteiger partial charge in [0.1, 0.15) is 23.0 Å². The van der Waals surface area contributed by atoms with Gasteiger partial charge in [-0.15, -0.1) is 0 Å². The molecule has 3 rings (SSSR count). The molecule has 0 aliphatic rings. The summed E-state index contributed by atoms with van der Waals surface area (Å²) < 4.78 is 5.40. The highest BCUT2D eigenvalue weighted by atomic mass is 16.5. The largest absolute Gasteiger partial charge is 0.508 e. The molecule has 4 heteroatoms. The quantitative estimate of drug-likeness (QED) is 0.618. The molecule has 0 saturated heterocycles. The lowest BCUT2D eigenvalue weighted by Crippen LogP contribution is -1.98. The Hall–Kier alpha value is -3.14. The average molecular weight is 364 g/mol. The van der Waals surface area contributed by atoms with E-state index < -0.39 is 0 Å². The van der Waals surface area contributed by atoms with Crippen LogP contribution in [0.2, 0.25) is 0 Å². The number of phenolic OH excluding ortho intramolecular Hbond substituents is 3.